The zero-order valence-corrected chi connectivity index (χ0v) is 14.7. The summed E-state index contributed by atoms with van der Waals surface area (Å²) in [6.45, 7) is 0.247. The van der Waals surface area contributed by atoms with E-state index in [0.717, 1.165) is 0 Å². The van der Waals surface area contributed by atoms with Crippen molar-refractivity contribution in [1.82, 2.24) is 0 Å². The monoisotopic (exact) mass is 353 g/mol. The van der Waals surface area contributed by atoms with Gasteiger partial charge in [-0.1, -0.05) is 19.4 Å². The molecule has 0 aromatic heterocycles. The van der Waals surface area contributed by atoms with Gasteiger partial charge in [0, 0.05) is 17.3 Å². The Bertz CT molecular complexity index is 926. The lowest BCUT2D eigenvalue weighted by atomic mass is 9.46. The van der Waals surface area contributed by atoms with Crippen molar-refractivity contribution in [2.45, 2.75) is 70.7 Å². The van der Waals surface area contributed by atoms with Crippen LogP contribution in [0.1, 0.15) is 74.7 Å². The second kappa shape index (κ2) is 5.50. The van der Waals surface area contributed by atoms with Gasteiger partial charge in [0.25, 0.3) is 0 Å². The number of aliphatic hydroxyl groups is 2. The summed E-state index contributed by atoms with van der Waals surface area (Å²) in [5, 5.41) is 21.0. The molecule has 0 bridgehead atoms. The normalized spacial score (nSPS) is 58.2. The molecule has 0 aromatic rings. The molecule has 0 saturated heterocycles. The average Bonchev–Trinajstić information content (AvgIpc) is 2.89. The minimum Gasteiger partial charge on any atom is -0.388 e. The number of carbonyl (C=O) groups is 2. The Kier molecular flexibility index (Phi) is 2.42. The van der Waals surface area contributed by atoms with Crippen molar-refractivity contribution in [1.29, 1.82) is 0 Å². The molecular weight excluding hydrogens is 316 g/mol. The van der Waals surface area contributed by atoms with E-state index in [4.69, 9.17) is 9.60 Å². The molecule has 0 aromatic carbocycles. The Morgan fingerprint density at radius 3 is 2.72 bits per heavy atom. The summed E-state index contributed by atoms with van der Waals surface area (Å²) in [6.07, 6.45) is -3.49. The predicted octanol–water partition coefficient (Wildman–Crippen LogP) is 2.81. The van der Waals surface area contributed by atoms with Crippen LogP contribution in [0.5, 0.6) is 0 Å². The van der Waals surface area contributed by atoms with Crippen LogP contribution in [0.15, 0.2) is 11.6 Å². The lowest BCUT2D eigenvalue weighted by Gasteiger charge is -2.58. The lowest BCUT2D eigenvalue weighted by Crippen LogP contribution is -2.58. The van der Waals surface area contributed by atoms with Gasteiger partial charge < -0.3 is 10.2 Å². The van der Waals surface area contributed by atoms with Crippen molar-refractivity contribution < 1.29 is 29.4 Å². The van der Waals surface area contributed by atoms with Crippen LogP contribution in [-0.4, -0.2) is 33.9 Å². The third kappa shape index (κ3) is 2.13. The van der Waals surface area contributed by atoms with Crippen molar-refractivity contribution in [2.24, 2.45) is 28.6 Å². The van der Waals surface area contributed by atoms with Crippen LogP contribution >= 0.6 is 0 Å². The fourth-order valence-corrected chi connectivity index (χ4v) is 6.28. The average molecular weight is 354 g/mol. The van der Waals surface area contributed by atoms with Crippen molar-refractivity contribution in [3.63, 3.8) is 0 Å². The molecular formula is C21H30O4. The largest absolute Gasteiger partial charge is 0.388 e. The van der Waals surface area contributed by atoms with Gasteiger partial charge in [0.05, 0.1) is 4.11 Å². The second-order valence-corrected chi connectivity index (χ2v) is 8.65. The zero-order chi connectivity index (χ0) is 24.3. The maximum atomic E-state index is 12.7. The quantitative estimate of drug-likeness (QED) is 0.800. The molecule has 4 rings (SSSR count). The van der Waals surface area contributed by atoms with Gasteiger partial charge in [-0.15, -0.1) is 0 Å². The van der Waals surface area contributed by atoms with Gasteiger partial charge in [-0.2, -0.15) is 0 Å². The highest BCUT2D eigenvalue weighted by Gasteiger charge is 2.65. The summed E-state index contributed by atoms with van der Waals surface area (Å²) >= 11 is 0. The summed E-state index contributed by atoms with van der Waals surface area (Å²) < 4.78 is 57.1. The standard InChI is InChI=1S/C21H30O4/c1-19-8-5-14(23)11-13(19)3-4-15-16(19)6-9-20(2)17(15)7-10-21(20,25)18(24)12-22/h11,15-17,22,25H,3-10,12H2,1-2H3/t15-,16+,17+,19+,20+,21+/m1/s1/i3D2,5D2,11D,12D2. The number of carbonyl (C=O) groups excluding carboxylic acids is 2. The van der Waals surface area contributed by atoms with Crippen LogP contribution < -0.4 is 0 Å². The lowest BCUT2D eigenvalue weighted by molar-refractivity contribution is -0.164. The molecule has 6 atom stereocenters. The highest BCUT2D eigenvalue weighted by Crippen LogP contribution is 2.67. The van der Waals surface area contributed by atoms with E-state index in [1.807, 2.05) is 0 Å². The number of Topliss-reactive ketones (excluding diaryl/α,β-unsaturated/α-hetero) is 1. The number of fused-ring (bicyclic) bond motifs is 5. The molecule has 4 heteroatoms. The Balaban J connectivity index is 1.81. The molecule has 2 N–H and O–H groups in total. The van der Waals surface area contributed by atoms with Crippen LogP contribution in [0.25, 0.3) is 0 Å². The van der Waals surface area contributed by atoms with E-state index in [1.165, 1.54) is 0 Å². The van der Waals surface area contributed by atoms with Gasteiger partial charge in [-0.3, -0.25) is 9.59 Å². The van der Waals surface area contributed by atoms with E-state index in [1.54, 1.807) is 13.8 Å². The maximum absolute atomic E-state index is 12.7. The fourth-order valence-electron chi connectivity index (χ4n) is 6.28. The first kappa shape index (κ1) is 11.0. The third-order valence-electron chi connectivity index (χ3n) is 7.82. The van der Waals surface area contributed by atoms with Crippen LogP contribution in [-0.2, 0) is 9.59 Å². The van der Waals surface area contributed by atoms with E-state index in [0.29, 0.717) is 19.3 Å². The molecule has 3 fully saturated rings. The van der Waals surface area contributed by atoms with Crippen molar-refractivity contribution in [3.8, 4) is 0 Å². The predicted molar refractivity (Wildman–Crippen MR) is 93.8 cm³/mol. The van der Waals surface area contributed by atoms with E-state index in [9.17, 15) is 19.8 Å². The molecule has 3 saturated carbocycles. The Labute approximate surface area is 159 Å². The molecule has 0 amide bonds. The smallest absolute Gasteiger partial charge is 0.190 e. The molecule has 0 unspecified atom stereocenters. The van der Waals surface area contributed by atoms with Crippen LogP contribution in [0, 0.1) is 28.6 Å². The van der Waals surface area contributed by atoms with Crippen LogP contribution in [0.4, 0.5) is 0 Å². The topological polar surface area (TPSA) is 74.6 Å². The first-order valence-corrected chi connectivity index (χ1v) is 9.09. The van der Waals surface area contributed by atoms with Gasteiger partial charge in [0.2, 0.25) is 0 Å². The molecule has 4 aliphatic carbocycles. The highest BCUT2D eigenvalue weighted by molar-refractivity contribution is 5.91. The molecule has 138 valence electrons. The third-order valence-corrected chi connectivity index (χ3v) is 7.82. The van der Waals surface area contributed by atoms with Crippen LogP contribution in [0.2, 0.25) is 0 Å². The van der Waals surface area contributed by atoms with Crippen molar-refractivity contribution >= 4 is 11.6 Å². The number of rotatable bonds is 2. The van der Waals surface area contributed by atoms with E-state index < -0.39 is 53.4 Å². The van der Waals surface area contributed by atoms with E-state index in [-0.39, 0.29) is 42.6 Å². The number of hydrogen-bond donors (Lipinski definition) is 2. The van der Waals surface area contributed by atoms with Crippen LogP contribution in [0.3, 0.4) is 0 Å². The van der Waals surface area contributed by atoms with Gasteiger partial charge >= 0.3 is 0 Å². The zero-order valence-electron chi connectivity index (χ0n) is 21.7. The van der Waals surface area contributed by atoms with Gasteiger partial charge in [0.1, 0.15) is 12.2 Å². The Morgan fingerprint density at radius 2 is 2.00 bits per heavy atom. The molecule has 4 aliphatic rings. The Morgan fingerprint density at radius 1 is 1.28 bits per heavy atom. The molecule has 0 radical (unpaired) electrons. The summed E-state index contributed by atoms with van der Waals surface area (Å²) in [5.74, 6) is -3.19. The summed E-state index contributed by atoms with van der Waals surface area (Å²) in [4.78, 5) is 25.2. The number of ketones is 2. The Hall–Kier alpha value is -1.00. The van der Waals surface area contributed by atoms with E-state index >= 15 is 0 Å². The summed E-state index contributed by atoms with van der Waals surface area (Å²) in [6, 6.07) is -0.577. The van der Waals surface area contributed by atoms with Crippen molar-refractivity contribution in [3.05, 3.63) is 11.6 Å². The molecule has 4 nitrogen and oxygen atoms in total. The number of allylic oxidation sites excluding steroid dienone is 1. The maximum Gasteiger partial charge on any atom is 0.190 e. The van der Waals surface area contributed by atoms with E-state index in [2.05, 4.69) is 0 Å². The fraction of sp³-hybridized carbons (Fsp3) is 0.810. The molecule has 0 aliphatic heterocycles. The molecule has 0 spiro atoms. The molecule has 0 heterocycles. The summed E-state index contributed by atoms with van der Waals surface area (Å²) in [5.41, 5.74) is -4.14. The first-order chi connectivity index (χ1) is 14.3. The minimum atomic E-state index is -3.19. The van der Waals surface area contributed by atoms with Gasteiger partial charge in [0.15, 0.2) is 11.6 Å². The number of hydrogen-bond acceptors (Lipinski definition) is 4. The molecule has 25 heavy (non-hydrogen) atoms. The summed E-state index contributed by atoms with van der Waals surface area (Å²) in [7, 11) is 0. The van der Waals surface area contributed by atoms with Crippen molar-refractivity contribution in [2.75, 3.05) is 6.56 Å². The SMILES string of the molecule is [2H]C1=C2C([2H])([2H])C[C@@H]3[C@H](CC[C@@]4(C)[C@H]3CC[C@]4(O)C(=O)C([2H])([2H])O)[C@@]2(C)CC([2H])([2H])C1=O. The van der Waals surface area contributed by atoms with Gasteiger partial charge in [-0.05, 0) is 74.1 Å². The minimum absolute atomic E-state index is 0.0161. The van der Waals surface area contributed by atoms with Gasteiger partial charge in [-0.25, -0.2) is 0 Å². The second-order valence-electron chi connectivity index (χ2n) is 8.65. The highest BCUT2D eigenvalue weighted by atomic mass is 16.3. The first-order valence-electron chi connectivity index (χ1n) is 12.6.